The summed E-state index contributed by atoms with van der Waals surface area (Å²) in [5.74, 6) is -9.34. The van der Waals surface area contributed by atoms with Crippen molar-refractivity contribution in [3.63, 3.8) is 0 Å². The van der Waals surface area contributed by atoms with Gasteiger partial charge in [-0.15, -0.1) is 0 Å². The number of aromatic amines is 2. The van der Waals surface area contributed by atoms with Gasteiger partial charge in [0, 0.05) is 84.4 Å². The summed E-state index contributed by atoms with van der Waals surface area (Å²) >= 11 is 8.14. The van der Waals surface area contributed by atoms with Crippen molar-refractivity contribution in [1.29, 1.82) is 0 Å². The standard InChI is InChI=1S/C62H79N13O12S2/c1-36(76)54(60(84)73-50(28-38-17-6-3-7-18-38)61(85)75(33-52(65)77)51(35-89)62(86)87)74-56(80)46(23-12-13-25-63)70-58(82)48(29-39-31-67-44-21-10-8-19-41(39)44)72-59(83)49(30-40-32-68-45-22-11-9-20-42(40)45)71-57(81)47(27-37-15-4-2-5-16-37)69-53(78)24-14-26-66-55(79)43(64)34-88/h2-11,15-22,31-32,36,43,46-51,54,67-68,76,88-89H,12-14,23-30,33-35,63-64H2,1H3,(H2,65,77)(H,66,79)(H,69,78)(H,70,82)(H,71,81)(H,72,83)(H,73,84)(H,74,80)(H,86,87)/t36-,43+,46+,47+,48-,49+,50+,51-,54+/m1/s1. The Balaban J connectivity index is 1.31. The lowest BCUT2D eigenvalue weighted by molar-refractivity contribution is -0.151. The van der Waals surface area contributed by atoms with Crippen molar-refractivity contribution in [2.75, 3.05) is 31.1 Å². The highest BCUT2D eigenvalue weighted by atomic mass is 32.1. The number of hydrogen-bond donors (Lipinski definition) is 16. The van der Waals surface area contributed by atoms with Crippen LogP contribution in [0.15, 0.2) is 122 Å². The van der Waals surface area contributed by atoms with Crippen LogP contribution in [0, 0.1) is 0 Å². The van der Waals surface area contributed by atoms with Gasteiger partial charge in [-0.3, -0.25) is 43.2 Å². The number of aliphatic hydroxyl groups is 1. The maximum Gasteiger partial charge on any atom is 0.327 e. The summed E-state index contributed by atoms with van der Waals surface area (Å²) in [5, 5.41) is 41.6. The number of hydrogen-bond acceptors (Lipinski definition) is 15. The number of carbonyl (C=O) groups excluding carboxylic acids is 9. The number of nitrogens with one attached hydrogen (secondary N) is 9. The van der Waals surface area contributed by atoms with Crippen LogP contribution >= 0.6 is 25.3 Å². The lowest BCUT2D eigenvalue weighted by Gasteiger charge is -2.32. The molecule has 0 saturated carbocycles. The number of nitrogens with zero attached hydrogens (tertiary/aromatic N) is 1. The molecule has 0 radical (unpaired) electrons. The Hall–Kier alpha value is -8.76. The van der Waals surface area contributed by atoms with E-state index in [0.29, 0.717) is 44.5 Å². The van der Waals surface area contributed by atoms with Crippen LogP contribution < -0.4 is 54.4 Å². The van der Waals surface area contributed by atoms with Crippen molar-refractivity contribution in [2.45, 2.75) is 119 Å². The summed E-state index contributed by atoms with van der Waals surface area (Å²) in [6.45, 7) is 0.669. The Morgan fingerprint density at radius 2 is 1.03 bits per heavy atom. The molecule has 27 heteroatoms. The minimum atomic E-state index is -1.81. The minimum absolute atomic E-state index is 0.00965. The fourth-order valence-corrected chi connectivity index (χ4v) is 10.5. The van der Waals surface area contributed by atoms with E-state index in [1.807, 2.05) is 42.5 Å². The average Bonchev–Trinajstić information content (AvgIpc) is 2.36. The number of aromatic nitrogens is 2. The van der Waals surface area contributed by atoms with Crippen LogP contribution in [0.3, 0.4) is 0 Å². The molecule has 25 nitrogen and oxygen atoms in total. The van der Waals surface area contributed by atoms with Gasteiger partial charge in [0.1, 0.15) is 48.8 Å². The van der Waals surface area contributed by atoms with Gasteiger partial charge in [-0.05, 0) is 73.5 Å². The Labute approximate surface area is 525 Å². The molecule has 2 aromatic heterocycles. The summed E-state index contributed by atoms with van der Waals surface area (Å²) in [6, 6.07) is 20.3. The molecule has 17 N–H and O–H groups in total. The number of H-pyrrole nitrogens is 2. The van der Waals surface area contributed by atoms with Crippen LogP contribution in [-0.2, 0) is 73.6 Å². The molecule has 0 aliphatic heterocycles. The second-order valence-electron chi connectivity index (χ2n) is 21.5. The number of carbonyl (C=O) groups is 10. The molecule has 0 bridgehead atoms. The van der Waals surface area contributed by atoms with Crippen LogP contribution in [0.2, 0.25) is 0 Å². The maximum atomic E-state index is 15.2. The van der Waals surface area contributed by atoms with Crippen LogP contribution in [-0.4, -0.2) is 170 Å². The van der Waals surface area contributed by atoms with Crippen molar-refractivity contribution in [2.24, 2.45) is 17.2 Å². The van der Waals surface area contributed by atoms with Crippen molar-refractivity contribution in [3.05, 3.63) is 144 Å². The maximum absolute atomic E-state index is 15.2. The molecule has 2 heterocycles. The Kier molecular flexibility index (Phi) is 27.0. The molecule has 9 atom stereocenters. The predicted molar refractivity (Wildman–Crippen MR) is 341 cm³/mol. The normalized spacial score (nSPS) is 14.3. The van der Waals surface area contributed by atoms with E-state index in [9.17, 15) is 48.6 Å². The van der Waals surface area contributed by atoms with Gasteiger partial charge in [0.15, 0.2) is 0 Å². The number of benzene rings is 4. The Morgan fingerprint density at radius 3 is 1.52 bits per heavy atom. The number of amides is 9. The number of aliphatic carboxylic acids is 1. The fourth-order valence-electron chi connectivity index (χ4n) is 10.0. The Morgan fingerprint density at radius 1 is 0.562 bits per heavy atom. The highest BCUT2D eigenvalue weighted by Crippen LogP contribution is 2.22. The molecule has 0 spiro atoms. The summed E-state index contributed by atoms with van der Waals surface area (Å²) in [7, 11) is 0. The molecule has 6 rings (SSSR count). The van der Waals surface area contributed by atoms with E-state index in [0.717, 1.165) is 10.9 Å². The molecule has 0 aliphatic carbocycles. The smallest absolute Gasteiger partial charge is 0.327 e. The number of carboxylic acid groups (broad SMARTS) is 1. The number of primary amides is 1. The topological polar surface area (TPSA) is 408 Å². The lowest BCUT2D eigenvalue weighted by Crippen LogP contribution is -2.62. The summed E-state index contributed by atoms with van der Waals surface area (Å²) in [6.07, 6.45) is 1.90. The largest absolute Gasteiger partial charge is 0.480 e. The zero-order chi connectivity index (χ0) is 64.6. The van der Waals surface area contributed by atoms with Gasteiger partial charge in [-0.25, -0.2) is 4.79 Å². The summed E-state index contributed by atoms with van der Waals surface area (Å²) in [5.41, 5.74) is 20.9. The number of nitrogens with two attached hydrogens (primary N) is 3. The van der Waals surface area contributed by atoms with Crippen molar-refractivity contribution in [3.8, 4) is 0 Å². The zero-order valence-corrected chi connectivity index (χ0v) is 51.0. The third kappa shape index (κ3) is 20.7. The van der Waals surface area contributed by atoms with Crippen LogP contribution in [0.1, 0.15) is 61.3 Å². The van der Waals surface area contributed by atoms with Gasteiger partial charge >= 0.3 is 5.97 Å². The van der Waals surface area contributed by atoms with Gasteiger partial charge in [-0.2, -0.15) is 25.3 Å². The molecule has 0 fully saturated rings. The highest BCUT2D eigenvalue weighted by molar-refractivity contribution is 7.80. The van der Waals surface area contributed by atoms with Gasteiger partial charge in [0.2, 0.25) is 53.2 Å². The third-order valence-electron chi connectivity index (χ3n) is 14.8. The number of para-hydroxylation sites is 2. The van der Waals surface area contributed by atoms with E-state index < -0.39 is 126 Å². The SMILES string of the molecule is C[C@@H](O)[C@H](NC(=O)[C@H](CCCCN)NC(=O)[C@@H](Cc1c[nH]c2ccccc12)NC(=O)[C@H](Cc1c[nH]c2ccccc12)NC(=O)[C@H](Cc1ccccc1)NC(=O)CCCNC(=O)[C@@H](N)CS)C(=O)N[C@@H](Cc1ccccc1)C(=O)N(CC(N)=O)[C@H](CS)C(=O)O. The molecule has 6 aromatic rings. The molecule has 0 unspecified atom stereocenters. The van der Waals surface area contributed by atoms with Crippen LogP contribution in [0.4, 0.5) is 0 Å². The minimum Gasteiger partial charge on any atom is -0.480 e. The number of rotatable bonds is 36. The second-order valence-corrected chi connectivity index (χ2v) is 22.3. The first-order chi connectivity index (χ1) is 42.7. The first kappa shape index (κ1) is 69.3. The molecule has 4 aromatic carbocycles. The summed E-state index contributed by atoms with van der Waals surface area (Å²) < 4.78 is 0. The first-order valence-corrected chi connectivity index (χ1v) is 30.4. The quantitative estimate of drug-likeness (QED) is 0.0185. The number of carboxylic acids is 1. The number of thiol groups is 2. The molecular formula is C62H79N13O12S2. The Bertz CT molecular complexity index is 3390. The first-order valence-electron chi connectivity index (χ1n) is 29.1. The van der Waals surface area contributed by atoms with Crippen molar-refractivity contribution >= 4 is 106 Å². The van der Waals surface area contributed by atoms with Gasteiger partial charge in [0.05, 0.1) is 12.1 Å². The van der Waals surface area contributed by atoms with E-state index in [-0.39, 0.29) is 70.2 Å². The summed E-state index contributed by atoms with van der Waals surface area (Å²) in [4.78, 5) is 146. The average molecular weight is 1260 g/mol. The molecule has 89 heavy (non-hydrogen) atoms. The van der Waals surface area contributed by atoms with E-state index in [1.54, 1.807) is 79.1 Å². The van der Waals surface area contributed by atoms with Gasteiger partial charge in [0.25, 0.3) is 0 Å². The van der Waals surface area contributed by atoms with Gasteiger partial charge in [-0.1, -0.05) is 97.1 Å². The fraction of sp³-hybridized carbons (Fsp3) is 0.387. The van der Waals surface area contributed by atoms with Gasteiger partial charge < -0.3 is 79.5 Å². The number of fused-ring (bicyclic) bond motifs is 2. The second kappa shape index (κ2) is 34.7. The molecule has 0 aliphatic rings. The molecular weight excluding hydrogens is 1180 g/mol. The highest BCUT2D eigenvalue weighted by Gasteiger charge is 2.39. The van der Waals surface area contributed by atoms with Crippen LogP contribution in [0.5, 0.6) is 0 Å². The zero-order valence-electron chi connectivity index (χ0n) is 49.2. The number of aliphatic hydroxyl groups excluding tert-OH is 1. The van der Waals surface area contributed by atoms with E-state index in [4.69, 9.17) is 17.2 Å². The monoisotopic (exact) mass is 1260 g/mol. The van der Waals surface area contributed by atoms with E-state index >= 15 is 9.59 Å². The van der Waals surface area contributed by atoms with Crippen molar-refractivity contribution in [1.82, 2.24) is 52.1 Å². The van der Waals surface area contributed by atoms with E-state index in [1.165, 1.54) is 6.92 Å². The molecule has 9 amide bonds. The molecule has 476 valence electrons. The lowest BCUT2D eigenvalue weighted by atomic mass is 10.00. The van der Waals surface area contributed by atoms with E-state index in [2.05, 4.69) is 72.4 Å². The predicted octanol–water partition coefficient (Wildman–Crippen LogP) is 0.189. The molecule has 0 saturated heterocycles. The van der Waals surface area contributed by atoms with Crippen molar-refractivity contribution < 1.29 is 58.2 Å². The third-order valence-corrected chi connectivity index (χ3v) is 15.5. The van der Waals surface area contributed by atoms with Crippen LogP contribution in [0.25, 0.3) is 21.8 Å². The number of unbranched alkanes of at least 4 members (excludes halogenated alkanes) is 1.